The quantitative estimate of drug-likeness (QED) is 0.128. The molecule has 184 valence electrons. The summed E-state index contributed by atoms with van der Waals surface area (Å²) in [6.45, 7) is 1.87. The molecule has 0 aliphatic heterocycles. The first-order valence-electron chi connectivity index (χ1n) is 11.2. The van der Waals surface area contributed by atoms with Crippen LogP contribution in [-0.2, 0) is 9.59 Å². The molecule has 2 aromatic rings. The lowest BCUT2D eigenvalue weighted by atomic mass is 10.00. The first-order valence-corrected chi connectivity index (χ1v) is 11.2. The summed E-state index contributed by atoms with van der Waals surface area (Å²) in [5.74, 6) is 0.0452. The second kappa shape index (κ2) is 13.8. The van der Waals surface area contributed by atoms with Crippen LogP contribution in [0.25, 0.3) is 11.1 Å². The number of methoxy groups -OCH3 is 2. The number of unbranched alkanes of at least 4 members (excludes halogenated alkanes) is 2. The Labute approximate surface area is 200 Å². The number of nitrogens with zero attached hydrogens (tertiary/aromatic N) is 1. The molecule has 0 aliphatic carbocycles. The number of carbonyl (C=O) groups excluding carboxylic acids is 3. The van der Waals surface area contributed by atoms with Gasteiger partial charge in [0.1, 0.15) is 11.5 Å². The number of nitrogens with one attached hydrogen (secondary N) is 2. The first kappa shape index (κ1) is 26.7. The lowest BCUT2D eigenvalue weighted by Gasteiger charge is -2.19. The summed E-state index contributed by atoms with van der Waals surface area (Å²) in [5, 5.41) is 15.3. The zero-order valence-corrected chi connectivity index (χ0v) is 19.9. The van der Waals surface area contributed by atoms with Gasteiger partial charge in [0.05, 0.1) is 33.4 Å². The van der Waals surface area contributed by atoms with Crippen molar-refractivity contribution in [3.05, 3.63) is 48.0 Å². The molecule has 9 nitrogen and oxygen atoms in total. The number of carbonyl (C=O) groups is 3. The van der Waals surface area contributed by atoms with Crippen molar-refractivity contribution in [2.24, 2.45) is 5.92 Å². The average Bonchev–Trinajstić information content (AvgIpc) is 2.87. The highest BCUT2D eigenvalue weighted by Crippen LogP contribution is 2.33. The van der Waals surface area contributed by atoms with Gasteiger partial charge in [0.25, 0.3) is 5.91 Å². The van der Waals surface area contributed by atoms with Gasteiger partial charge in [0.2, 0.25) is 12.3 Å². The third-order valence-electron chi connectivity index (χ3n) is 5.41. The normalized spacial score (nSPS) is 11.3. The van der Waals surface area contributed by atoms with E-state index in [2.05, 4.69) is 10.6 Å². The van der Waals surface area contributed by atoms with E-state index in [1.165, 1.54) is 0 Å². The maximum Gasteiger partial charge on any atom is 0.252 e. The van der Waals surface area contributed by atoms with Crippen molar-refractivity contribution < 1.29 is 29.1 Å². The highest BCUT2D eigenvalue weighted by atomic mass is 16.5. The Morgan fingerprint density at radius 2 is 1.88 bits per heavy atom. The number of rotatable bonds is 14. The summed E-state index contributed by atoms with van der Waals surface area (Å²) in [4.78, 5) is 35.9. The van der Waals surface area contributed by atoms with Gasteiger partial charge in [-0.05, 0) is 42.3 Å². The minimum Gasteiger partial charge on any atom is -0.497 e. The van der Waals surface area contributed by atoms with Gasteiger partial charge < -0.3 is 20.1 Å². The molecule has 0 aliphatic rings. The van der Waals surface area contributed by atoms with Crippen LogP contribution in [0.5, 0.6) is 11.5 Å². The largest absolute Gasteiger partial charge is 0.497 e. The standard InChI is InChI=1S/C25H33N3O6/c1-4-5-6-8-20(15-28(32)17-29)25(31)27-16-26-24(30)19-10-7-9-18(13-19)22-14-21(33-2)11-12-23(22)34-3/h7,9-14,17,20,32H,4-6,8,15-16H2,1-3H3,(H,26,30)(H,27,31)/t20-/m1/s1. The third-order valence-corrected chi connectivity index (χ3v) is 5.41. The molecule has 3 amide bonds. The molecule has 0 saturated carbocycles. The fraction of sp³-hybridized carbons (Fsp3) is 0.400. The molecule has 0 bridgehead atoms. The minimum absolute atomic E-state index is 0.0822. The van der Waals surface area contributed by atoms with Gasteiger partial charge in [0, 0.05) is 11.1 Å². The number of hydroxylamine groups is 2. The van der Waals surface area contributed by atoms with Gasteiger partial charge in [-0.2, -0.15) is 0 Å². The zero-order valence-electron chi connectivity index (χ0n) is 19.9. The molecule has 3 N–H and O–H groups in total. The Morgan fingerprint density at radius 1 is 1.09 bits per heavy atom. The van der Waals surface area contributed by atoms with Crippen molar-refractivity contribution >= 4 is 18.2 Å². The molecular formula is C25H33N3O6. The maximum atomic E-state index is 12.7. The average molecular weight is 472 g/mol. The predicted molar refractivity (Wildman–Crippen MR) is 128 cm³/mol. The molecule has 0 spiro atoms. The fourth-order valence-corrected chi connectivity index (χ4v) is 3.54. The Bertz CT molecular complexity index is 965. The first-order chi connectivity index (χ1) is 16.4. The van der Waals surface area contributed by atoms with Crippen LogP contribution < -0.4 is 20.1 Å². The minimum atomic E-state index is -0.567. The molecule has 0 radical (unpaired) electrons. The summed E-state index contributed by atoms with van der Waals surface area (Å²) < 4.78 is 10.7. The van der Waals surface area contributed by atoms with Crippen molar-refractivity contribution in [3.8, 4) is 22.6 Å². The second-order valence-corrected chi connectivity index (χ2v) is 7.79. The molecule has 9 heteroatoms. The Morgan fingerprint density at radius 3 is 2.56 bits per heavy atom. The lowest BCUT2D eigenvalue weighted by molar-refractivity contribution is -0.154. The summed E-state index contributed by atoms with van der Waals surface area (Å²) >= 11 is 0. The van der Waals surface area contributed by atoms with Crippen LogP contribution in [0.2, 0.25) is 0 Å². The van der Waals surface area contributed by atoms with E-state index in [1.807, 2.05) is 19.1 Å². The maximum absolute atomic E-state index is 12.7. The van der Waals surface area contributed by atoms with Crippen LogP contribution >= 0.6 is 0 Å². The lowest BCUT2D eigenvalue weighted by Crippen LogP contribution is -2.43. The van der Waals surface area contributed by atoms with E-state index in [0.717, 1.165) is 30.4 Å². The molecule has 0 fully saturated rings. The predicted octanol–water partition coefficient (Wildman–Crippen LogP) is 3.22. The topological polar surface area (TPSA) is 117 Å². The number of benzene rings is 2. The Balaban J connectivity index is 2.02. The van der Waals surface area contributed by atoms with E-state index >= 15 is 0 Å². The van der Waals surface area contributed by atoms with E-state index in [1.54, 1.807) is 44.6 Å². The van der Waals surface area contributed by atoms with Crippen molar-refractivity contribution in [2.45, 2.75) is 32.6 Å². The van der Waals surface area contributed by atoms with Gasteiger partial charge in [-0.15, -0.1) is 0 Å². The summed E-state index contributed by atoms with van der Waals surface area (Å²) in [6, 6.07) is 12.5. The van der Waals surface area contributed by atoms with Crippen molar-refractivity contribution in [3.63, 3.8) is 0 Å². The van der Waals surface area contributed by atoms with Crippen LogP contribution in [-0.4, -0.2) is 55.9 Å². The van der Waals surface area contributed by atoms with Gasteiger partial charge in [-0.3, -0.25) is 19.6 Å². The Kier molecular flexibility index (Phi) is 10.9. The van der Waals surface area contributed by atoms with Gasteiger partial charge in [-0.25, -0.2) is 5.06 Å². The van der Waals surface area contributed by atoms with E-state index in [0.29, 0.717) is 28.5 Å². The van der Waals surface area contributed by atoms with Crippen molar-refractivity contribution in [1.29, 1.82) is 0 Å². The molecule has 0 saturated heterocycles. The second-order valence-electron chi connectivity index (χ2n) is 7.79. The van der Waals surface area contributed by atoms with Crippen molar-refractivity contribution in [1.82, 2.24) is 15.7 Å². The molecule has 0 unspecified atom stereocenters. The van der Waals surface area contributed by atoms with Crippen LogP contribution in [0.1, 0.15) is 43.0 Å². The third kappa shape index (κ3) is 7.77. The van der Waals surface area contributed by atoms with E-state index in [4.69, 9.17) is 9.47 Å². The fourth-order valence-electron chi connectivity index (χ4n) is 3.54. The smallest absolute Gasteiger partial charge is 0.252 e. The van der Waals surface area contributed by atoms with E-state index in [-0.39, 0.29) is 31.4 Å². The van der Waals surface area contributed by atoms with E-state index < -0.39 is 5.92 Å². The van der Waals surface area contributed by atoms with Crippen LogP contribution in [0, 0.1) is 5.92 Å². The van der Waals surface area contributed by atoms with Gasteiger partial charge >= 0.3 is 0 Å². The monoisotopic (exact) mass is 471 g/mol. The highest BCUT2D eigenvalue weighted by molar-refractivity contribution is 5.96. The Hall–Kier alpha value is -3.59. The molecule has 1 atom stereocenters. The van der Waals surface area contributed by atoms with Crippen LogP contribution in [0.3, 0.4) is 0 Å². The van der Waals surface area contributed by atoms with Gasteiger partial charge in [0.15, 0.2) is 0 Å². The van der Waals surface area contributed by atoms with Gasteiger partial charge in [-0.1, -0.05) is 38.3 Å². The van der Waals surface area contributed by atoms with Crippen molar-refractivity contribution in [2.75, 3.05) is 27.4 Å². The number of hydrogen-bond donors (Lipinski definition) is 3. The summed E-state index contributed by atoms with van der Waals surface area (Å²) in [7, 11) is 3.15. The molecule has 34 heavy (non-hydrogen) atoms. The number of hydrogen-bond acceptors (Lipinski definition) is 6. The summed E-state index contributed by atoms with van der Waals surface area (Å²) in [5.41, 5.74) is 1.97. The molecule has 2 aromatic carbocycles. The molecule has 0 heterocycles. The summed E-state index contributed by atoms with van der Waals surface area (Å²) in [6.07, 6.45) is 3.53. The zero-order chi connectivity index (χ0) is 24.9. The molecular weight excluding hydrogens is 438 g/mol. The van der Waals surface area contributed by atoms with Crippen LogP contribution in [0.15, 0.2) is 42.5 Å². The van der Waals surface area contributed by atoms with E-state index in [9.17, 15) is 19.6 Å². The number of amides is 3. The SMILES string of the molecule is CCCCC[C@H](CN(O)C=O)C(=O)NCNC(=O)c1cccc(-c2cc(OC)ccc2OC)c1. The molecule has 2 rings (SSSR count). The molecule has 0 aromatic heterocycles. The number of ether oxygens (including phenoxy) is 2. The van der Waals surface area contributed by atoms with Crippen LogP contribution in [0.4, 0.5) is 0 Å². The highest BCUT2D eigenvalue weighted by Gasteiger charge is 2.20.